The van der Waals surface area contributed by atoms with Crippen molar-refractivity contribution >= 4 is 33.8 Å². The number of cyclic esters (lactones) is 1. The molecule has 4 rings (SSSR count). The maximum absolute atomic E-state index is 13.7. The second-order valence-corrected chi connectivity index (χ2v) is 14.8. The van der Waals surface area contributed by atoms with E-state index in [4.69, 9.17) is 18.9 Å². The molecule has 0 aliphatic carbocycles. The zero-order chi connectivity index (χ0) is 36.6. The summed E-state index contributed by atoms with van der Waals surface area (Å²) >= 11 is 0. The van der Waals surface area contributed by atoms with Crippen LogP contribution in [-0.4, -0.2) is 93.4 Å². The number of Topliss-reactive ketones (excluding diaryl/α,β-unsaturated/α-hetero) is 1. The summed E-state index contributed by atoms with van der Waals surface area (Å²) in [6, 6.07) is 4.27. The number of piperidine rings is 1. The summed E-state index contributed by atoms with van der Waals surface area (Å²) in [6.45, 7) is 2.24. The molecule has 0 saturated carbocycles. The van der Waals surface area contributed by atoms with Gasteiger partial charge in [0, 0.05) is 49.9 Å². The number of hydrogen-bond donors (Lipinski definition) is 3. The minimum absolute atomic E-state index is 0.0789. The van der Waals surface area contributed by atoms with Crippen molar-refractivity contribution in [3.05, 3.63) is 46.5 Å². The molecule has 2 aliphatic heterocycles. The van der Waals surface area contributed by atoms with Gasteiger partial charge in [0.1, 0.15) is 22.8 Å². The molecule has 2 aliphatic rings. The molecule has 1 fully saturated rings. The number of phenolic OH excluding ortho intramolecular Hbond substituents is 2. The van der Waals surface area contributed by atoms with E-state index in [1.54, 1.807) is 31.2 Å². The van der Waals surface area contributed by atoms with Gasteiger partial charge in [0.25, 0.3) is 0 Å². The van der Waals surface area contributed by atoms with Gasteiger partial charge in [-0.2, -0.15) is 0 Å². The van der Waals surface area contributed by atoms with Crippen molar-refractivity contribution in [2.24, 2.45) is 0 Å². The van der Waals surface area contributed by atoms with Crippen LogP contribution >= 0.6 is 0 Å². The number of amides is 1. The molecule has 0 spiro atoms. The Bertz CT molecular complexity index is 1670. The topological polar surface area (TPSA) is 178 Å². The number of nitrogens with one attached hydrogen (secondary N) is 1. The van der Waals surface area contributed by atoms with Crippen molar-refractivity contribution in [2.45, 2.75) is 82.8 Å². The van der Waals surface area contributed by atoms with Gasteiger partial charge in [-0.3, -0.25) is 9.59 Å². The number of benzene rings is 2. The lowest BCUT2D eigenvalue weighted by Gasteiger charge is -2.31. The maximum Gasteiger partial charge on any atom is 0.342 e. The average Bonchev–Trinajstić information content (AvgIpc) is 3.06. The summed E-state index contributed by atoms with van der Waals surface area (Å²) in [6.07, 6.45) is 7.48. The lowest BCUT2D eigenvalue weighted by atomic mass is 9.84. The fourth-order valence-electron chi connectivity index (χ4n) is 6.51. The summed E-state index contributed by atoms with van der Waals surface area (Å²) < 4.78 is 47.7. The zero-order valence-corrected chi connectivity index (χ0v) is 30.1. The fraction of sp³-hybridized carbons (Fsp3) is 0.528. The van der Waals surface area contributed by atoms with E-state index in [0.717, 1.165) is 6.26 Å². The van der Waals surface area contributed by atoms with Crippen LogP contribution < -0.4 is 19.5 Å². The number of ketones is 1. The summed E-state index contributed by atoms with van der Waals surface area (Å²) in [5, 5.41) is 26.4. The third-order valence-electron chi connectivity index (χ3n) is 9.17. The Morgan fingerprint density at radius 2 is 1.64 bits per heavy atom. The van der Waals surface area contributed by atoms with Gasteiger partial charge < -0.3 is 34.5 Å². The van der Waals surface area contributed by atoms with Gasteiger partial charge in [-0.1, -0.05) is 12.2 Å². The molecule has 1 amide bonds. The Balaban J connectivity index is 1.80. The molecule has 2 aromatic carbocycles. The van der Waals surface area contributed by atoms with Crippen molar-refractivity contribution in [1.82, 2.24) is 9.62 Å². The van der Waals surface area contributed by atoms with Crippen LogP contribution in [0.1, 0.15) is 97.7 Å². The van der Waals surface area contributed by atoms with Crippen LogP contribution in [0.15, 0.2) is 24.3 Å². The van der Waals surface area contributed by atoms with Gasteiger partial charge in [0.05, 0.1) is 33.7 Å². The summed E-state index contributed by atoms with van der Waals surface area (Å²) in [5.74, 6) is -2.19. The Labute approximate surface area is 293 Å². The molecule has 274 valence electrons. The quantitative estimate of drug-likeness (QED) is 0.307. The lowest BCUT2D eigenvalue weighted by molar-refractivity contribution is -0.122. The number of carbonyl (C=O) groups is 3. The molecule has 13 nitrogen and oxygen atoms in total. The third-order valence-corrected chi connectivity index (χ3v) is 10.5. The van der Waals surface area contributed by atoms with Gasteiger partial charge in [0.2, 0.25) is 21.7 Å². The second kappa shape index (κ2) is 17.1. The molecule has 0 aromatic heterocycles. The van der Waals surface area contributed by atoms with Crippen LogP contribution in [0, 0.1) is 0 Å². The van der Waals surface area contributed by atoms with E-state index in [1.807, 2.05) is 0 Å². The fourth-order valence-corrected chi connectivity index (χ4v) is 7.39. The predicted octanol–water partition coefficient (Wildman–Crippen LogP) is 4.67. The van der Waals surface area contributed by atoms with Gasteiger partial charge in [-0.15, -0.1) is 0 Å². The number of methoxy groups -OCH3 is 3. The Kier molecular flexibility index (Phi) is 13.2. The zero-order valence-electron chi connectivity index (χ0n) is 29.3. The first kappa shape index (κ1) is 38.5. The highest BCUT2D eigenvalue weighted by atomic mass is 32.2. The molecule has 50 heavy (non-hydrogen) atoms. The number of sulfonamides is 1. The summed E-state index contributed by atoms with van der Waals surface area (Å²) in [7, 11) is 0.964. The van der Waals surface area contributed by atoms with E-state index in [-0.39, 0.29) is 65.3 Å². The SMILES string of the molecule is COc1cc(C(CC(=O)NC2CCN(S(C)(=O)=O)CC2)c2c(O)cc3c(c2O)C(=O)O[C@@H](C)CCCC(=O)CCCC=C3)cc(OC)c1OC. The molecule has 14 heteroatoms. The van der Waals surface area contributed by atoms with Gasteiger partial charge in [0.15, 0.2) is 11.5 Å². The van der Waals surface area contributed by atoms with E-state index in [0.29, 0.717) is 62.7 Å². The molecule has 2 aromatic rings. The highest BCUT2D eigenvalue weighted by Gasteiger charge is 2.33. The van der Waals surface area contributed by atoms with E-state index >= 15 is 0 Å². The number of ether oxygens (including phenoxy) is 4. The number of esters is 1. The molecule has 1 saturated heterocycles. The van der Waals surface area contributed by atoms with Crippen molar-refractivity contribution in [3.63, 3.8) is 0 Å². The van der Waals surface area contributed by atoms with Crippen LogP contribution in [0.4, 0.5) is 0 Å². The summed E-state index contributed by atoms with van der Waals surface area (Å²) in [4.78, 5) is 39.6. The molecule has 3 N–H and O–H groups in total. The number of nitrogens with zero attached hydrogens (tertiary/aromatic N) is 1. The molecule has 0 bridgehead atoms. The van der Waals surface area contributed by atoms with Crippen molar-refractivity contribution < 1.29 is 52.0 Å². The van der Waals surface area contributed by atoms with E-state index < -0.39 is 39.7 Å². The standard InChI is InChI=1S/C36H48N2O11S/c1-22-10-9-13-26(39)12-8-6-7-11-23-18-28(40)33(34(42)32(23)36(43)49-22)27(24-19-29(46-2)35(48-4)30(20-24)47-3)21-31(41)37-25-14-16-38(17-15-25)50(5,44)45/h7,11,18-20,22,25,27,40,42H,6,8-10,12-17,21H2,1-5H3,(H,37,41)/t22-,27?/m0/s1. The van der Waals surface area contributed by atoms with Gasteiger partial charge >= 0.3 is 5.97 Å². The number of phenols is 2. The molecular weight excluding hydrogens is 668 g/mol. The van der Waals surface area contributed by atoms with Gasteiger partial charge in [-0.05, 0) is 74.8 Å². The van der Waals surface area contributed by atoms with E-state index in [9.17, 15) is 33.0 Å². The molecule has 1 unspecified atom stereocenters. The van der Waals surface area contributed by atoms with Crippen molar-refractivity contribution in [2.75, 3.05) is 40.7 Å². The largest absolute Gasteiger partial charge is 0.507 e. The Morgan fingerprint density at radius 1 is 1.00 bits per heavy atom. The minimum Gasteiger partial charge on any atom is -0.507 e. The van der Waals surface area contributed by atoms with Crippen molar-refractivity contribution in [1.29, 1.82) is 0 Å². The smallest absolute Gasteiger partial charge is 0.342 e. The highest BCUT2D eigenvalue weighted by Crippen LogP contribution is 2.47. The van der Waals surface area contributed by atoms with Crippen LogP contribution in [0.5, 0.6) is 28.7 Å². The highest BCUT2D eigenvalue weighted by molar-refractivity contribution is 7.88. The number of aromatic hydroxyl groups is 2. The molecule has 0 radical (unpaired) electrons. The first-order valence-corrected chi connectivity index (χ1v) is 18.6. The number of carbonyl (C=O) groups excluding carboxylic acids is 3. The molecule has 2 atom stereocenters. The first-order valence-electron chi connectivity index (χ1n) is 16.8. The molecular formula is C36H48N2O11S. The predicted molar refractivity (Wildman–Crippen MR) is 187 cm³/mol. The van der Waals surface area contributed by atoms with Crippen LogP contribution in [-0.2, 0) is 24.3 Å². The van der Waals surface area contributed by atoms with E-state index in [1.165, 1.54) is 31.7 Å². The third kappa shape index (κ3) is 9.48. The summed E-state index contributed by atoms with van der Waals surface area (Å²) in [5.41, 5.74) is 0.384. The van der Waals surface area contributed by atoms with Crippen LogP contribution in [0.2, 0.25) is 0 Å². The van der Waals surface area contributed by atoms with E-state index in [2.05, 4.69) is 5.32 Å². The average molecular weight is 717 g/mol. The lowest BCUT2D eigenvalue weighted by Crippen LogP contribution is -2.46. The van der Waals surface area contributed by atoms with Crippen LogP contribution in [0.25, 0.3) is 6.08 Å². The number of hydrogen-bond acceptors (Lipinski definition) is 11. The second-order valence-electron chi connectivity index (χ2n) is 12.8. The normalized spacial score (nSPS) is 19.1. The van der Waals surface area contributed by atoms with Gasteiger partial charge in [-0.25, -0.2) is 17.5 Å². The van der Waals surface area contributed by atoms with Crippen LogP contribution in [0.3, 0.4) is 0 Å². The Morgan fingerprint density at radius 3 is 2.24 bits per heavy atom. The number of rotatable bonds is 9. The molecule has 2 heterocycles. The first-order chi connectivity index (χ1) is 23.8. The maximum atomic E-state index is 13.7. The number of fused-ring (bicyclic) bond motifs is 1. The Hall–Kier alpha value is -4.30. The monoisotopic (exact) mass is 716 g/mol. The van der Waals surface area contributed by atoms with Crippen molar-refractivity contribution in [3.8, 4) is 28.7 Å². The minimum atomic E-state index is -3.36. The number of allylic oxidation sites excluding steroid dienone is 1.